The van der Waals surface area contributed by atoms with Crippen molar-refractivity contribution >= 4 is 29.1 Å². The van der Waals surface area contributed by atoms with Crippen molar-refractivity contribution < 1.29 is 10.0 Å². The highest BCUT2D eigenvalue weighted by molar-refractivity contribution is 7.99. The Labute approximate surface area is 101 Å². The number of hydrogen-bond acceptors (Lipinski definition) is 6. The van der Waals surface area contributed by atoms with Crippen molar-refractivity contribution in [3.63, 3.8) is 0 Å². The topological polar surface area (TPSA) is 89.2 Å². The molecule has 0 bridgehead atoms. The summed E-state index contributed by atoms with van der Waals surface area (Å²) in [5.41, 5.74) is -0.278. The van der Waals surface area contributed by atoms with Gasteiger partial charge in [0.2, 0.25) is 5.15 Å². The van der Waals surface area contributed by atoms with Gasteiger partial charge in [-0.15, -0.1) is 0 Å². The highest BCUT2D eigenvalue weighted by Gasteiger charge is 2.22. The molecule has 16 heavy (non-hydrogen) atoms. The third-order valence-corrected chi connectivity index (χ3v) is 3.33. The van der Waals surface area contributed by atoms with Gasteiger partial charge < -0.3 is 5.11 Å². The first-order chi connectivity index (χ1) is 7.56. The van der Waals surface area contributed by atoms with Crippen molar-refractivity contribution in [2.75, 3.05) is 12.4 Å². The number of hydrogen-bond donors (Lipinski definition) is 1. The number of halogens is 1. The van der Waals surface area contributed by atoms with Crippen LogP contribution in [0, 0.1) is 16.0 Å². The normalized spacial score (nSPS) is 12.4. The molecule has 6 nitrogen and oxygen atoms in total. The minimum atomic E-state index is -0.603. The highest BCUT2D eigenvalue weighted by atomic mass is 35.5. The summed E-state index contributed by atoms with van der Waals surface area (Å²) in [6.07, 6.45) is 1.18. The van der Waals surface area contributed by atoms with E-state index in [4.69, 9.17) is 16.7 Å². The number of aliphatic hydroxyl groups excluding tert-OH is 1. The second-order valence-corrected chi connectivity index (χ2v) is 4.54. The largest absolute Gasteiger partial charge is 0.396 e. The Morgan fingerprint density at radius 3 is 2.94 bits per heavy atom. The van der Waals surface area contributed by atoms with Gasteiger partial charge in [0.15, 0.2) is 5.03 Å². The van der Waals surface area contributed by atoms with Crippen LogP contribution in [0.5, 0.6) is 0 Å². The van der Waals surface area contributed by atoms with Crippen molar-refractivity contribution in [2.45, 2.75) is 11.9 Å². The molecule has 0 saturated carbocycles. The lowest BCUT2D eigenvalue weighted by Gasteiger charge is -2.06. The number of nitrogens with zero attached hydrogens (tertiary/aromatic N) is 3. The lowest BCUT2D eigenvalue weighted by molar-refractivity contribution is -0.388. The van der Waals surface area contributed by atoms with Crippen LogP contribution in [0.4, 0.5) is 5.69 Å². The smallest absolute Gasteiger partial charge is 0.338 e. The predicted molar refractivity (Wildman–Crippen MR) is 60.7 cm³/mol. The summed E-state index contributed by atoms with van der Waals surface area (Å²) in [6, 6.07) is 0. The van der Waals surface area contributed by atoms with Gasteiger partial charge in [-0.05, 0) is 5.92 Å². The first-order valence-corrected chi connectivity index (χ1v) is 5.81. The fourth-order valence-electron chi connectivity index (χ4n) is 0.875. The Kier molecular flexibility index (Phi) is 4.91. The van der Waals surface area contributed by atoms with E-state index in [2.05, 4.69) is 9.97 Å². The Balaban J connectivity index is 2.87. The number of thioether (sulfide) groups is 1. The van der Waals surface area contributed by atoms with E-state index in [9.17, 15) is 10.1 Å². The molecule has 1 atom stereocenters. The van der Waals surface area contributed by atoms with Crippen LogP contribution in [-0.2, 0) is 0 Å². The van der Waals surface area contributed by atoms with Crippen LogP contribution >= 0.6 is 23.4 Å². The van der Waals surface area contributed by atoms with Crippen molar-refractivity contribution in [3.8, 4) is 0 Å². The minimum absolute atomic E-state index is 0.0274. The summed E-state index contributed by atoms with van der Waals surface area (Å²) in [6.45, 7) is 1.86. The van der Waals surface area contributed by atoms with Crippen molar-refractivity contribution in [3.05, 3.63) is 21.6 Å². The van der Waals surface area contributed by atoms with Crippen molar-refractivity contribution in [2.24, 2.45) is 5.92 Å². The first-order valence-electron chi connectivity index (χ1n) is 4.44. The van der Waals surface area contributed by atoms with E-state index in [1.807, 2.05) is 6.92 Å². The molecule has 0 aliphatic heterocycles. The Morgan fingerprint density at radius 1 is 1.69 bits per heavy atom. The molecule has 1 heterocycles. The highest BCUT2D eigenvalue weighted by Crippen LogP contribution is 2.32. The summed E-state index contributed by atoms with van der Waals surface area (Å²) in [4.78, 5) is 17.5. The van der Waals surface area contributed by atoms with Crippen LogP contribution in [0.2, 0.25) is 5.15 Å². The monoisotopic (exact) mass is 263 g/mol. The second-order valence-electron chi connectivity index (χ2n) is 3.17. The molecule has 0 aliphatic rings. The first kappa shape index (κ1) is 13.1. The van der Waals surface area contributed by atoms with Crippen LogP contribution < -0.4 is 0 Å². The zero-order valence-corrected chi connectivity index (χ0v) is 10.0. The molecule has 0 aliphatic carbocycles. The fraction of sp³-hybridized carbons (Fsp3) is 0.500. The van der Waals surface area contributed by atoms with E-state index in [0.29, 0.717) is 5.75 Å². The molecule has 0 amide bonds. The summed E-state index contributed by atoms with van der Waals surface area (Å²) in [5.74, 6) is 0.573. The molecule has 1 unspecified atom stereocenters. The molecule has 1 aromatic rings. The number of aliphatic hydroxyl groups is 1. The maximum Gasteiger partial charge on any atom is 0.338 e. The van der Waals surface area contributed by atoms with E-state index >= 15 is 0 Å². The Morgan fingerprint density at radius 2 is 2.38 bits per heavy atom. The average Bonchev–Trinajstić information content (AvgIpc) is 2.25. The summed E-state index contributed by atoms with van der Waals surface area (Å²) < 4.78 is 0. The lowest BCUT2D eigenvalue weighted by atomic mass is 10.2. The number of rotatable bonds is 5. The fourth-order valence-corrected chi connectivity index (χ4v) is 2.11. The van der Waals surface area contributed by atoms with Gasteiger partial charge in [0.05, 0.1) is 4.92 Å². The molecule has 88 valence electrons. The van der Waals surface area contributed by atoms with Gasteiger partial charge in [0, 0.05) is 12.4 Å². The van der Waals surface area contributed by atoms with E-state index in [0.717, 1.165) is 0 Å². The molecule has 0 fully saturated rings. The van der Waals surface area contributed by atoms with Gasteiger partial charge in [-0.3, -0.25) is 10.1 Å². The molecule has 1 rings (SSSR count). The van der Waals surface area contributed by atoms with Gasteiger partial charge in [0.25, 0.3) is 0 Å². The molecular formula is C8H10ClN3O3S. The van der Waals surface area contributed by atoms with Crippen LogP contribution in [-0.4, -0.2) is 32.4 Å². The Bertz CT molecular complexity index is 391. The summed E-state index contributed by atoms with van der Waals surface area (Å²) >= 11 is 6.80. The van der Waals surface area contributed by atoms with Crippen molar-refractivity contribution in [1.82, 2.24) is 9.97 Å². The van der Waals surface area contributed by atoms with Gasteiger partial charge in [0.1, 0.15) is 6.33 Å². The quantitative estimate of drug-likeness (QED) is 0.377. The molecule has 0 spiro atoms. The molecular weight excluding hydrogens is 254 g/mol. The summed E-state index contributed by atoms with van der Waals surface area (Å²) in [5, 5.41) is 19.6. The third-order valence-electron chi connectivity index (χ3n) is 1.74. The van der Waals surface area contributed by atoms with Gasteiger partial charge in [-0.2, -0.15) is 0 Å². The minimum Gasteiger partial charge on any atom is -0.396 e. The summed E-state index contributed by atoms with van der Waals surface area (Å²) in [7, 11) is 0. The standard InChI is InChI=1S/C8H10ClN3O3S/c1-5(2-13)3-16-8-6(12(14)15)7(9)10-4-11-8/h4-5,13H,2-3H2,1H3. The molecule has 0 radical (unpaired) electrons. The maximum absolute atomic E-state index is 10.7. The van der Waals surface area contributed by atoms with E-state index in [1.165, 1.54) is 18.1 Å². The Hall–Kier alpha value is -0.920. The van der Waals surface area contributed by atoms with Gasteiger partial charge >= 0.3 is 5.69 Å². The maximum atomic E-state index is 10.7. The lowest BCUT2D eigenvalue weighted by Crippen LogP contribution is -2.04. The SMILES string of the molecule is CC(CO)CSc1ncnc(Cl)c1[N+](=O)[O-]. The van der Waals surface area contributed by atoms with Crippen molar-refractivity contribution in [1.29, 1.82) is 0 Å². The zero-order valence-electron chi connectivity index (χ0n) is 8.46. The van der Waals surface area contributed by atoms with E-state index in [-0.39, 0.29) is 28.4 Å². The van der Waals surface area contributed by atoms with E-state index in [1.54, 1.807) is 0 Å². The molecule has 8 heteroatoms. The van der Waals surface area contributed by atoms with Crippen LogP contribution in [0.15, 0.2) is 11.4 Å². The molecule has 1 aromatic heterocycles. The molecule has 0 aromatic carbocycles. The predicted octanol–water partition coefficient (Wildman–Crippen LogP) is 1.76. The van der Waals surface area contributed by atoms with Crippen LogP contribution in [0.3, 0.4) is 0 Å². The zero-order chi connectivity index (χ0) is 12.1. The van der Waals surface area contributed by atoms with Crippen LogP contribution in [0.1, 0.15) is 6.92 Å². The number of aromatic nitrogens is 2. The average molecular weight is 264 g/mol. The van der Waals surface area contributed by atoms with E-state index < -0.39 is 4.92 Å². The van der Waals surface area contributed by atoms with Gasteiger partial charge in [-0.1, -0.05) is 30.3 Å². The van der Waals surface area contributed by atoms with Crippen LogP contribution in [0.25, 0.3) is 0 Å². The second kappa shape index (κ2) is 5.97. The number of nitro groups is 1. The molecule has 0 saturated heterocycles. The van der Waals surface area contributed by atoms with Gasteiger partial charge in [-0.25, -0.2) is 9.97 Å². The molecule has 1 N–H and O–H groups in total. The third kappa shape index (κ3) is 3.29.